The Bertz CT molecular complexity index is 109. The van der Waals surface area contributed by atoms with Crippen LogP contribution in [0.5, 0.6) is 0 Å². The van der Waals surface area contributed by atoms with Crippen LogP contribution in [-0.4, -0.2) is 48.8 Å². The Kier molecular flexibility index (Phi) is 2.20. The summed E-state index contributed by atoms with van der Waals surface area (Å²) in [6.45, 7) is 5.59. The Labute approximate surface area is 67.2 Å². The second kappa shape index (κ2) is 2.66. The third kappa shape index (κ3) is 1.27. The topological polar surface area (TPSA) is 26.3 Å². The molecule has 3 rings (SSSR count). The summed E-state index contributed by atoms with van der Waals surface area (Å²) in [5.74, 6) is 0. The van der Waals surface area contributed by atoms with Crippen LogP contribution in [0.15, 0.2) is 0 Å². The lowest BCUT2D eigenvalue weighted by molar-refractivity contribution is -0.895. The number of hydrogen-bond donors (Lipinski definition) is 0. The van der Waals surface area contributed by atoms with Crippen LogP contribution in [0.1, 0.15) is 0 Å². The fourth-order valence-electron chi connectivity index (χ4n) is 1.64. The van der Waals surface area contributed by atoms with Gasteiger partial charge in [0.25, 0.3) is 0 Å². The molecule has 0 N–H and O–H groups in total. The van der Waals surface area contributed by atoms with Gasteiger partial charge in [-0.1, -0.05) is 0 Å². The molecule has 10 heavy (non-hydrogen) atoms. The molecule has 0 atom stereocenters. The van der Waals surface area contributed by atoms with Crippen LogP contribution in [0, 0.1) is 5.21 Å². The Morgan fingerprint density at radius 3 is 1.60 bits per heavy atom. The number of quaternary nitrogens is 1. The van der Waals surface area contributed by atoms with Gasteiger partial charge < -0.3 is 9.85 Å². The van der Waals surface area contributed by atoms with E-state index in [0.29, 0.717) is 0 Å². The van der Waals surface area contributed by atoms with Crippen LogP contribution in [0.25, 0.3) is 0 Å². The largest absolute Gasteiger partial charge is 0.633 e. The maximum atomic E-state index is 11.4. The molecular formula is C6H13ClN2O. The fraction of sp³-hybridized carbons (Fsp3) is 1.00. The van der Waals surface area contributed by atoms with Crippen LogP contribution < -0.4 is 0 Å². The molecule has 0 saturated carbocycles. The highest BCUT2D eigenvalue weighted by Crippen LogP contribution is 2.16. The first-order valence-electron chi connectivity index (χ1n) is 3.58. The molecule has 60 valence electrons. The summed E-state index contributed by atoms with van der Waals surface area (Å²) >= 11 is 0. The second-order valence-corrected chi connectivity index (χ2v) is 3.07. The van der Waals surface area contributed by atoms with E-state index >= 15 is 0 Å². The van der Waals surface area contributed by atoms with E-state index in [9.17, 15) is 5.21 Å². The average molecular weight is 165 g/mol. The fourth-order valence-corrected chi connectivity index (χ4v) is 1.64. The lowest BCUT2D eigenvalue weighted by Gasteiger charge is -2.53. The lowest BCUT2D eigenvalue weighted by atomic mass is 10.2. The normalized spacial score (nSPS) is 44.7. The molecule has 3 aliphatic heterocycles. The van der Waals surface area contributed by atoms with Crippen molar-refractivity contribution in [1.29, 1.82) is 0 Å². The van der Waals surface area contributed by atoms with Gasteiger partial charge in [-0.25, -0.2) is 0 Å². The van der Waals surface area contributed by atoms with Gasteiger partial charge in [0.2, 0.25) is 0 Å². The highest BCUT2D eigenvalue weighted by atomic mass is 35.5. The van der Waals surface area contributed by atoms with Crippen molar-refractivity contribution >= 4 is 12.4 Å². The lowest BCUT2D eigenvalue weighted by Crippen LogP contribution is -2.64. The van der Waals surface area contributed by atoms with Crippen molar-refractivity contribution in [3.05, 3.63) is 5.21 Å². The molecule has 0 radical (unpaired) electrons. The van der Waals surface area contributed by atoms with Crippen molar-refractivity contribution in [3.63, 3.8) is 0 Å². The molecular weight excluding hydrogens is 152 g/mol. The van der Waals surface area contributed by atoms with Crippen LogP contribution in [0.4, 0.5) is 0 Å². The number of nitrogens with zero attached hydrogens (tertiary/aromatic N) is 2. The molecule has 3 saturated heterocycles. The summed E-state index contributed by atoms with van der Waals surface area (Å²) in [7, 11) is 0. The molecule has 3 nitrogen and oxygen atoms in total. The quantitative estimate of drug-likeness (QED) is 0.374. The predicted octanol–water partition coefficient (Wildman–Crippen LogP) is 0.0520. The van der Waals surface area contributed by atoms with Crippen molar-refractivity contribution in [2.45, 2.75) is 0 Å². The van der Waals surface area contributed by atoms with Crippen LogP contribution in [-0.2, 0) is 0 Å². The standard InChI is InChI=1S/C6H12N2O.ClH/c9-8-4-1-7(2-5-8)3-6-8;/h1-6H2;1H. The third-order valence-corrected chi connectivity index (χ3v) is 2.47. The zero-order valence-electron chi connectivity index (χ0n) is 5.95. The Balaban J connectivity index is 0.000000500. The van der Waals surface area contributed by atoms with E-state index in [2.05, 4.69) is 4.90 Å². The average Bonchev–Trinajstić information content (AvgIpc) is 1.90. The molecule has 0 aliphatic carbocycles. The van der Waals surface area contributed by atoms with Crippen molar-refractivity contribution in [2.75, 3.05) is 39.3 Å². The molecule has 3 fully saturated rings. The number of hydrogen-bond acceptors (Lipinski definition) is 2. The Morgan fingerprint density at radius 2 is 1.40 bits per heavy atom. The third-order valence-electron chi connectivity index (χ3n) is 2.47. The number of halogens is 1. The van der Waals surface area contributed by atoms with Crippen molar-refractivity contribution in [3.8, 4) is 0 Å². The van der Waals surface area contributed by atoms with Crippen molar-refractivity contribution in [1.82, 2.24) is 4.90 Å². The van der Waals surface area contributed by atoms with Gasteiger partial charge in [-0.3, -0.25) is 4.90 Å². The summed E-state index contributed by atoms with van der Waals surface area (Å²) < 4.78 is 0.0938. The zero-order chi connectivity index (χ0) is 6.32. The van der Waals surface area contributed by atoms with Gasteiger partial charge in [0.1, 0.15) is 0 Å². The van der Waals surface area contributed by atoms with E-state index in [1.54, 1.807) is 0 Å². The summed E-state index contributed by atoms with van der Waals surface area (Å²) in [5, 5.41) is 11.4. The summed E-state index contributed by atoms with van der Waals surface area (Å²) in [5.41, 5.74) is 0. The van der Waals surface area contributed by atoms with Crippen LogP contribution in [0.2, 0.25) is 0 Å². The SMILES string of the molecule is Cl.[O-][N+]12CCN(CC1)CC2. The molecule has 2 bridgehead atoms. The Hall–Kier alpha value is 0.170. The van der Waals surface area contributed by atoms with Gasteiger partial charge in [0.05, 0.1) is 19.6 Å². The van der Waals surface area contributed by atoms with Gasteiger partial charge in [-0.2, -0.15) is 0 Å². The molecule has 4 heteroatoms. The number of rotatable bonds is 0. The van der Waals surface area contributed by atoms with Gasteiger partial charge in [-0.05, 0) is 0 Å². The highest BCUT2D eigenvalue weighted by Gasteiger charge is 2.31. The molecule has 0 spiro atoms. The second-order valence-electron chi connectivity index (χ2n) is 3.07. The highest BCUT2D eigenvalue weighted by molar-refractivity contribution is 5.85. The molecule has 0 aromatic heterocycles. The van der Waals surface area contributed by atoms with Crippen molar-refractivity contribution < 1.29 is 4.65 Å². The maximum Gasteiger partial charge on any atom is 0.0913 e. The maximum absolute atomic E-state index is 11.4. The van der Waals surface area contributed by atoms with Gasteiger partial charge >= 0.3 is 0 Å². The van der Waals surface area contributed by atoms with E-state index in [4.69, 9.17) is 0 Å². The number of fused-ring (bicyclic) bond motifs is 3. The molecule has 0 unspecified atom stereocenters. The van der Waals surface area contributed by atoms with E-state index in [0.717, 1.165) is 39.3 Å². The summed E-state index contributed by atoms with van der Waals surface area (Å²) in [6, 6.07) is 0. The summed E-state index contributed by atoms with van der Waals surface area (Å²) in [4.78, 5) is 2.37. The summed E-state index contributed by atoms with van der Waals surface area (Å²) in [6.07, 6.45) is 0. The van der Waals surface area contributed by atoms with E-state index < -0.39 is 0 Å². The van der Waals surface area contributed by atoms with E-state index in [1.165, 1.54) is 0 Å². The van der Waals surface area contributed by atoms with Crippen LogP contribution >= 0.6 is 12.4 Å². The minimum atomic E-state index is 0. The first-order valence-corrected chi connectivity index (χ1v) is 3.58. The monoisotopic (exact) mass is 164 g/mol. The minimum Gasteiger partial charge on any atom is -0.633 e. The van der Waals surface area contributed by atoms with E-state index in [-0.39, 0.29) is 17.1 Å². The number of piperazine rings is 3. The van der Waals surface area contributed by atoms with Gasteiger partial charge in [-0.15, -0.1) is 12.4 Å². The molecule has 0 aromatic rings. The first kappa shape index (κ1) is 8.27. The van der Waals surface area contributed by atoms with Gasteiger partial charge in [0, 0.05) is 19.6 Å². The first-order chi connectivity index (χ1) is 4.29. The zero-order valence-corrected chi connectivity index (χ0v) is 6.77. The van der Waals surface area contributed by atoms with E-state index in [1.807, 2.05) is 0 Å². The smallest absolute Gasteiger partial charge is 0.0913 e. The molecule has 3 heterocycles. The van der Waals surface area contributed by atoms with Gasteiger partial charge in [0.15, 0.2) is 0 Å². The van der Waals surface area contributed by atoms with Crippen molar-refractivity contribution in [2.24, 2.45) is 0 Å². The predicted molar refractivity (Wildman–Crippen MR) is 41.9 cm³/mol. The molecule has 0 amide bonds. The molecule has 3 aliphatic rings. The number of hydroxylamine groups is 3. The minimum absolute atomic E-state index is 0. The van der Waals surface area contributed by atoms with Crippen LogP contribution in [0.3, 0.4) is 0 Å². The molecule has 0 aromatic carbocycles. The Morgan fingerprint density at radius 1 is 1.00 bits per heavy atom.